The predicted octanol–water partition coefficient (Wildman–Crippen LogP) is 4.99. The van der Waals surface area contributed by atoms with Gasteiger partial charge in [-0.2, -0.15) is 10.2 Å². The van der Waals surface area contributed by atoms with Crippen molar-refractivity contribution >= 4 is 52.0 Å². The number of anilines is 2. The van der Waals surface area contributed by atoms with Gasteiger partial charge in [0.05, 0.1) is 30.2 Å². The molecule has 1 aliphatic heterocycles. The number of aromatic nitrogens is 2. The van der Waals surface area contributed by atoms with Crippen molar-refractivity contribution in [2.75, 3.05) is 50.2 Å². The number of nitriles is 1. The van der Waals surface area contributed by atoms with Gasteiger partial charge in [0, 0.05) is 32.2 Å². The van der Waals surface area contributed by atoms with E-state index in [0.29, 0.717) is 28.4 Å². The van der Waals surface area contributed by atoms with Crippen LogP contribution >= 0.6 is 11.6 Å². The third-order valence-corrected chi connectivity index (χ3v) is 6.30. The van der Waals surface area contributed by atoms with E-state index in [1.807, 2.05) is 6.07 Å². The van der Waals surface area contributed by atoms with Crippen molar-refractivity contribution in [3.8, 4) is 11.8 Å². The van der Waals surface area contributed by atoms with E-state index in [2.05, 4.69) is 53.9 Å². The van der Waals surface area contributed by atoms with Crippen LogP contribution in [0.5, 0.6) is 5.75 Å². The molecule has 2 aromatic carbocycles. The SMILES string of the molecule is C=CC(=O)N(N)c1cc(N=Nc2ncc(Cl)c(N=Nc3ccccc3C#N)n2)c(OC)cc1N1CCN(C)CC1. The smallest absolute Gasteiger partial charge is 0.271 e. The van der Waals surface area contributed by atoms with Gasteiger partial charge >= 0.3 is 0 Å². The molecule has 13 nitrogen and oxygen atoms in total. The van der Waals surface area contributed by atoms with Crippen LogP contribution in [0.3, 0.4) is 0 Å². The molecule has 0 bridgehead atoms. The van der Waals surface area contributed by atoms with Crippen molar-refractivity contribution in [3.05, 3.63) is 65.8 Å². The predicted molar refractivity (Wildman–Crippen MR) is 151 cm³/mol. The highest BCUT2D eigenvalue weighted by Crippen LogP contribution is 2.41. The van der Waals surface area contributed by atoms with Gasteiger partial charge in [-0.05, 0) is 31.3 Å². The van der Waals surface area contributed by atoms with Crippen molar-refractivity contribution in [1.29, 1.82) is 5.26 Å². The molecule has 0 atom stereocenters. The second-order valence-corrected chi connectivity index (χ2v) is 8.99. The van der Waals surface area contributed by atoms with E-state index < -0.39 is 5.91 Å². The van der Waals surface area contributed by atoms with Crippen LogP contribution in [0.15, 0.2) is 75.7 Å². The zero-order chi connectivity index (χ0) is 28.6. The number of benzene rings is 2. The molecule has 2 N–H and O–H groups in total. The number of amides is 1. The van der Waals surface area contributed by atoms with Crippen LogP contribution in [-0.2, 0) is 4.79 Å². The molecule has 0 spiro atoms. The van der Waals surface area contributed by atoms with Crippen molar-refractivity contribution in [3.63, 3.8) is 0 Å². The molecule has 40 heavy (non-hydrogen) atoms. The number of methoxy groups -OCH3 is 1. The monoisotopic (exact) mass is 559 g/mol. The van der Waals surface area contributed by atoms with Gasteiger partial charge in [0.2, 0.25) is 0 Å². The Morgan fingerprint density at radius 3 is 2.60 bits per heavy atom. The summed E-state index contributed by atoms with van der Waals surface area (Å²) in [5.74, 6) is 6.08. The third kappa shape index (κ3) is 6.44. The minimum absolute atomic E-state index is 0.0427. The van der Waals surface area contributed by atoms with Crippen LogP contribution in [0.4, 0.5) is 34.5 Å². The van der Waals surface area contributed by atoms with E-state index in [0.717, 1.165) is 37.3 Å². The second-order valence-electron chi connectivity index (χ2n) is 8.59. The summed E-state index contributed by atoms with van der Waals surface area (Å²) in [5.41, 5.74) is 2.12. The zero-order valence-corrected chi connectivity index (χ0v) is 22.7. The fourth-order valence-corrected chi connectivity index (χ4v) is 3.95. The molecule has 0 saturated carbocycles. The molecular weight excluding hydrogens is 534 g/mol. The number of hydrogen-bond donors (Lipinski definition) is 1. The van der Waals surface area contributed by atoms with E-state index in [1.54, 1.807) is 36.4 Å². The Hall–Kier alpha value is -4.77. The summed E-state index contributed by atoms with van der Waals surface area (Å²) in [4.78, 5) is 25.0. The molecule has 2 heterocycles. The maximum Gasteiger partial charge on any atom is 0.271 e. The van der Waals surface area contributed by atoms with Crippen LogP contribution in [-0.4, -0.2) is 61.1 Å². The Morgan fingerprint density at radius 1 is 1.18 bits per heavy atom. The summed E-state index contributed by atoms with van der Waals surface area (Å²) in [6.45, 7) is 6.69. The van der Waals surface area contributed by atoms with Gasteiger partial charge in [-0.15, -0.1) is 20.5 Å². The van der Waals surface area contributed by atoms with Crippen LogP contribution < -0.4 is 20.5 Å². The number of azo groups is 2. The number of likely N-dealkylation sites (N-methyl/N-ethyl adjacent to an activating group) is 1. The first-order valence-electron chi connectivity index (χ1n) is 12.1. The summed E-state index contributed by atoms with van der Waals surface area (Å²) in [6, 6.07) is 12.1. The van der Waals surface area contributed by atoms with E-state index in [1.165, 1.54) is 13.3 Å². The largest absolute Gasteiger partial charge is 0.494 e. The summed E-state index contributed by atoms with van der Waals surface area (Å²) in [5, 5.41) is 26.9. The Balaban J connectivity index is 1.68. The number of ether oxygens (including phenoxy) is 1. The van der Waals surface area contributed by atoms with Gasteiger partial charge in [0.1, 0.15) is 28.2 Å². The Labute approximate surface area is 235 Å². The lowest BCUT2D eigenvalue weighted by Crippen LogP contribution is -2.45. The second kappa shape index (κ2) is 12.9. The lowest BCUT2D eigenvalue weighted by molar-refractivity contribution is -0.114. The standard InChI is InChI=1S/C26H26ClN11O2/c1-4-24(39)38(29)22-13-20(23(40-3)14-21(22)37-11-9-36(2)10-12-37)33-35-26-30-16-18(27)25(31-26)34-32-19-8-6-5-7-17(19)15-28/h4-8,13-14,16H,1,9-12,29H2,2-3H3. The first-order valence-corrected chi connectivity index (χ1v) is 12.4. The zero-order valence-electron chi connectivity index (χ0n) is 21.9. The van der Waals surface area contributed by atoms with E-state index in [9.17, 15) is 10.1 Å². The number of hydrogen-bond acceptors (Lipinski definition) is 12. The molecule has 0 aliphatic carbocycles. The van der Waals surface area contributed by atoms with Crippen molar-refractivity contribution in [2.24, 2.45) is 26.3 Å². The van der Waals surface area contributed by atoms with E-state index >= 15 is 0 Å². The van der Waals surface area contributed by atoms with Crippen molar-refractivity contribution in [2.45, 2.75) is 0 Å². The average Bonchev–Trinajstić information content (AvgIpc) is 2.99. The number of rotatable bonds is 8. The van der Waals surface area contributed by atoms with Crippen molar-refractivity contribution < 1.29 is 9.53 Å². The Bertz CT molecular complexity index is 1510. The van der Waals surface area contributed by atoms with Gasteiger partial charge in [-0.1, -0.05) is 30.3 Å². The highest BCUT2D eigenvalue weighted by atomic mass is 35.5. The normalized spacial score (nSPS) is 13.9. The number of hydrazine groups is 1. The van der Waals surface area contributed by atoms with Crippen LogP contribution in [0, 0.1) is 11.3 Å². The molecule has 0 radical (unpaired) electrons. The minimum atomic E-state index is -0.488. The number of halogens is 1. The summed E-state index contributed by atoms with van der Waals surface area (Å²) in [6.07, 6.45) is 2.45. The highest BCUT2D eigenvalue weighted by molar-refractivity contribution is 6.32. The quantitative estimate of drug-likeness (QED) is 0.133. The molecule has 1 amide bonds. The van der Waals surface area contributed by atoms with Crippen molar-refractivity contribution in [1.82, 2.24) is 14.9 Å². The summed E-state index contributed by atoms with van der Waals surface area (Å²) >= 11 is 6.20. The fourth-order valence-electron chi connectivity index (χ4n) is 3.82. The highest BCUT2D eigenvalue weighted by Gasteiger charge is 2.24. The molecular formula is C26H26ClN11O2. The number of carbonyl (C=O) groups is 1. The third-order valence-electron chi connectivity index (χ3n) is 6.03. The topological polar surface area (TPSA) is 161 Å². The van der Waals surface area contributed by atoms with Crippen LogP contribution in [0.1, 0.15) is 5.56 Å². The summed E-state index contributed by atoms with van der Waals surface area (Å²) < 4.78 is 5.58. The molecule has 1 fully saturated rings. The number of nitrogens with two attached hydrogens (primary N) is 1. The first-order chi connectivity index (χ1) is 19.3. The lowest BCUT2D eigenvalue weighted by atomic mass is 10.1. The first kappa shape index (κ1) is 28.2. The Morgan fingerprint density at radius 2 is 1.90 bits per heavy atom. The summed E-state index contributed by atoms with van der Waals surface area (Å²) in [7, 11) is 3.56. The molecule has 1 aliphatic rings. The average molecular weight is 560 g/mol. The minimum Gasteiger partial charge on any atom is -0.494 e. The molecule has 3 aromatic rings. The number of piperazine rings is 1. The fraction of sp³-hybridized carbons (Fsp3) is 0.231. The van der Waals surface area contributed by atoms with Gasteiger partial charge in [0.15, 0.2) is 5.82 Å². The molecule has 1 aromatic heterocycles. The molecule has 14 heteroatoms. The van der Waals surface area contributed by atoms with Gasteiger partial charge in [-0.25, -0.2) is 15.8 Å². The Kier molecular flexibility index (Phi) is 9.07. The van der Waals surface area contributed by atoms with E-state index in [-0.39, 0.29) is 22.5 Å². The number of carbonyl (C=O) groups excluding carboxylic acids is 1. The molecule has 1 saturated heterocycles. The van der Waals surface area contributed by atoms with Gasteiger partial charge in [-0.3, -0.25) is 4.79 Å². The van der Waals surface area contributed by atoms with Gasteiger partial charge in [0.25, 0.3) is 11.9 Å². The van der Waals surface area contributed by atoms with E-state index in [4.69, 9.17) is 22.2 Å². The number of nitrogens with zero attached hydrogens (tertiary/aromatic N) is 10. The van der Waals surface area contributed by atoms with Gasteiger partial charge < -0.3 is 14.5 Å². The molecule has 4 rings (SSSR count). The van der Waals surface area contributed by atoms with Crippen LogP contribution in [0.2, 0.25) is 5.02 Å². The molecule has 0 unspecified atom stereocenters. The van der Waals surface area contributed by atoms with Crippen LogP contribution in [0.25, 0.3) is 0 Å². The maximum atomic E-state index is 12.4. The lowest BCUT2D eigenvalue weighted by Gasteiger charge is -2.36. The molecule has 204 valence electrons. The maximum absolute atomic E-state index is 12.4.